The lowest BCUT2D eigenvalue weighted by Crippen LogP contribution is -2.20. The van der Waals surface area contributed by atoms with Gasteiger partial charge in [0.1, 0.15) is 11.6 Å². The molecule has 3 rings (SSSR count). The Hall–Kier alpha value is -2.25. The molecule has 0 radical (unpaired) electrons. The molecule has 0 amide bonds. The minimum Gasteiger partial charge on any atom is -0.496 e. The van der Waals surface area contributed by atoms with Crippen LogP contribution < -0.4 is 10.1 Å². The van der Waals surface area contributed by atoms with Crippen LogP contribution in [0.2, 0.25) is 0 Å². The van der Waals surface area contributed by atoms with Gasteiger partial charge in [0.15, 0.2) is 0 Å². The molecule has 0 spiro atoms. The van der Waals surface area contributed by atoms with Crippen LogP contribution in [0.15, 0.2) is 40.1 Å². The van der Waals surface area contributed by atoms with Crippen molar-refractivity contribution in [2.75, 3.05) is 7.11 Å². The molecule has 0 aliphatic heterocycles. The first kappa shape index (κ1) is 15.6. The number of nitrogens with one attached hydrogen (secondary N) is 1. The fourth-order valence-corrected chi connectivity index (χ4v) is 2.93. The highest BCUT2D eigenvalue weighted by atomic mass is 32.1. The maximum Gasteiger partial charge on any atom is 0.257 e. The van der Waals surface area contributed by atoms with Crippen LogP contribution in [0.4, 0.5) is 4.39 Å². The van der Waals surface area contributed by atoms with Gasteiger partial charge < -0.3 is 14.5 Å². The van der Waals surface area contributed by atoms with Crippen molar-refractivity contribution < 1.29 is 13.5 Å². The molecule has 23 heavy (non-hydrogen) atoms. The number of ether oxygens (including phenoxy) is 1. The van der Waals surface area contributed by atoms with E-state index in [1.54, 1.807) is 12.1 Å². The number of hydrogen-bond donors (Lipinski definition) is 1. The zero-order valence-corrected chi connectivity index (χ0v) is 13.6. The van der Waals surface area contributed by atoms with Crippen molar-refractivity contribution in [2.45, 2.75) is 19.5 Å². The Kier molecular flexibility index (Phi) is 4.68. The van der Waals surface area contributed by atoms with E-state index in [1.807, 2.05) is 24.4 Å². The van der Waals surface area contributed by atoms with Crippen LogP contribution in [-0.4, -0.2) is 17.3 Å². The van der Waals surface area contributed by atoms with Crippen LogP contribution in [0, 0.1) is 5.82 Å². The molecule has 0 bridgehead atoms. The van der Waals surface area contributed by atoms with Crippen molar-refractivity contribution in [3.8, 4) is 16.5 Å². The van der Waals surface area contributed by atoms with Crippen LogP contribution in [0.3, 0.4) is 0 Å². The smallest absolute Gasteiger partial charge is 0.257 e. The van der Waals surface area contributed by atoms with Gasteiger partial charge in [0.2, 0.25) is 5.89 Å². The molecular formula is C16H16FN3O2S. The second kappa shape index (κ2) is 6.89. The summed E-state index contributed by atoms with van der Waals surface area (Å²) < 4.78 is 24.9. The highest BCUT2D eigenvalue weighted by Crippen LogP contribution is 2.28. The van der Waals surface area contributed by atoms with Gasteiger partial charge in [-0.25, -0.2) is 4.39 Å². The largest absolute Gasteiger partial charge is 0.496 e. The maximum atomic E-state index is 14.0. The Balaban J connectivity index is 1.69. The van der Waals surface area contributed by atoms with E-state index in [4.69, 9.17) is 9.15 Å². The fourth-order valence-electron chi connectivity index (χ4n) is 2.28. The number of hydrogen-bond acceptors (Lipinski definition) is 6. The third-order valence-corrected chi connectivity index (χ3v) is 4.28. The highest BCUT2D eigenvalue weighted by Gasteiger charge is 2.17. The van der Waals surface area contributed by atoms with Gasteiger partial charge in [-0.15, -0.1) is 21.5 Å². The normalized spacial score (nSPS) is 12.3. The number of thiophene rings is 1. The Morgan fingerprint density at radius 1 is 1.30 bits per heavy atom. The van der Waals surface area contributed by atoms with E-state index in [9.17, 15) is 4.39 Å². The number of rotatable bonds is 6. The first-order chi connectivity index (χ1) is 11.2. The first-order valence-corrected chi connectivity index (χ1v) is 7.99. The predicted molar refractivity (Wildman–Crippen MR) is 85.8 cm³/mol. The van der Waals surface area contributed by atoms with Gasteiger partial charge in [-0.05, 0) is 30.5 Å². The number of methoxy groups -OCH3 is 1. The number of nitrogens with zero attached hydrogens (tertiary/aromatic N) is 2. The van der Waals surface area contributed by atoms with E-state index < -0.39 is 0 Å². The van der Waals surface area contributed by atoms with Gasteiger partial charge in [-0.1, -0.05) is 12.1 Å². The number of benzene rings is 1. The van der Waals surface area contributed by atoms with Gasteiger partial charge in [0, 0.05) is 11.6 Å². The lowest BCUT2D eigenvalue weighted by Gasteiger charge is -2.17. The molecule has 2 heterocycles. The molecule has 1 N–H and O–H groups in total. The molecule has 1 unspecified atom stereocenters. The second-order valence-corrected chi connectivity index (χ2v) is 5.88. The lowest BCUT2D eigenvalue weighted by atomic mass is 10.1. The topological polar surface area (TPSA) is 60.2 Å². The van der Waals surface area contributed by atoms with Gasteiger partial charge >= 0.3 is 0 Å². The van der Waals surface area contributed by atoms with Gasteiger partial charge in [-0.2, -0.15) is 0 Å². The molecule has 7 heteroatoms. The van der Waals surface area contributed by atoms with E-state index in [-0.39, 0.29) is 11.9 Å². The number of aromatic nitrogens is 2. The van der Waals surface area contributed by atoms with Crippen molar-refractivity contribution in [3.05, 3.63) is 53.0 Å². The second-order valence-electron chi connectivity index (χ2n) is 4.94. The first-order valence-electron chi connectivity index (χ1n) is 7.11. The molecule has 5 nitrogen and oxygen atoms in total. The summed E-state index contributed by atoms with van der Waals surface area (Å²) in [5.41, 5.74) is 0.480. The van der Waals surface area contributed by atoms with Crippen LogP contribution in [-0.2, 0) is 6.54 Å². The maximum absolute atomic E-state index is 14.0. The van der Waals surface area contributed by atoms with Crippen molar-refractivity contribution in [3.63, 3.8) is 0 Å². The Bertz CT molecular complexity index is 773. The quantitative estimate of drug-likeness (QED) is 0.743. The molecule has 0 fully saturated rings. The van der Waals surface area contributed by atoms with Crippen LogP contribution in [0.25, 0.3) is 10.8 Å². The summed E-state index contributed by atoms with van der Waals surface area (Å²) in [6, 6.07) is 8.35. The standard InChI is InChI=1S/C16H16FN3O2S/c1-10(15-11(17)5-3-6-12(15)21-2)18-9-14-19-20-16(22-14)13-7-4-8-23-13/h3-8,10,18H,9H2,1-2H3. The van der Waals surface area contributed by atoms with E-state index >= 15 is 0 Å². The van der Waals surface area contributed by atoms with Crippen LogP contribution in [0.5, 0.6) is 5.75 Å². The molecule has 1 aromatic carbocycles. The SMILES string of the molecule is COc1cccc(F)c1C(C)NCc1nnc(-c2cccs2)o1. The van der Waals surface area contributed by atoms with Crippen LogP contribution >= 0.6 is 11.3 Å². The van der Waals surface area contributed by atoms with Crippen molar-refractivity contribution in [1.82, 2.24) is 15.5 Å². The van der Waals surface area contributed by atoms with E-state index in [0.29, 0.717) is 29.6 Å². The highest BCUT2D eigenvalue weighted by molar-refractivity contribution is 7.13. The molecule has 1 atom stereocenters. The summed E-state index contributed by atoms with van der Waals surface area (Å²) in [6.07, 6.45) is 0. The zero-order valence-electron chi connectivity index (χ0n) is 12.7. The fraction of sp³-hybridized carbons (Fsp3) is 0.250. The monoisotopic (exact) mass is 333 g/mol. The summed E-state index contributed by atoms with van der Waals surface area (Å²) in [6.45, 7) is 2.20. The summed E-state index contributed by atoms with van der Waals surface area (Å²) in [5.74, 6) is 1.15. The molecular weight excluding hydrogens is 317 g/mol. The molecule has 2 aromatic heterocycles. The molecule has 0 saturated carbocycles. The van der Waals surface area contributed by atoms with E-state index in [2.05, 4.69) is 15.5 Å². The van der Waals surface area contributed by atoms with Crippen molar-refractivity contribution in [1.29, 1.82) is 0 Å². The summed E-state index contributed by atoms with van der Waals surface area (Å²) in [5, 5.41) is 13.1. The van der Waals surface area contributed by atoms with Crippen LogP contribution in [0.1, 0.15) is 24.4 Å². The van der Waals surface area contributed by atoms with E-state index in [0.717, 1.165) is 4.88 Å². The van der Waals surface area contributed by atoms with Gasteiger partial charge in [0.05, 0.1) is 18.5 Å². The molecule has 0 saturated heterocycles. The minimum atomic E-state index is -0.311. The molecule has 120 valence electrons. The summed E-state index contributed by atoms with van der Waals surface area (Å²) in [7, 11) is 1.52. The van der Waals surface area contributed by atoms with E-state index in [1.165, 1.54) is 24.5 Å². The van der Waals surface area contributed by atoms with Gasteiger partial charge in [-0.3, -0.25) is 0 Å². The third-order valence-electron chi connectivity index (χ3n) is 3.42. The summed E-state index contributed by atoms with van der Waals surface area (Å²) in [4.78, 5) is 0.924. The third kappa shape index (κ3) is 3.40. The number of halogens is 1. The zero-order chi connectivity index (χ0) is 16.2. The lowest BCUT2D eigenvalue weighted by molar-refractivity contribution is 0.388. The van der Waals surface area contributed by atoms with Crippen molar-refractivity contribution in [2.24, 2.45) is 0 Å². The summed E-state index contributed by atoms with van der Waals surface area (Å²) >= 11 is 1.53. The molecule has 0 aliphatic rings. The predicted octanol–water partition coefficient (Wildman–Crippen LogP) is 3.80. The Morgan fingerprint density at radius 3 is 2.91 bits per heavy atom. The molecule has 3 aromatic rings. The van der Waals surface area contributed by atoms with Crippen molar-refractivity contribution >= 4 is 11.3 Å². The Labute approximate surface area is 137 Å². The molecule has 0 aliphatic carbocycles. The minimum absolute atomic E-state index is 0.261. The average molecular weight is 333 g/mol. The Morgan fingerprint density at radius 2 is 2.17 bits per heavy atom. The van der Waals surface area contributed by atoms with Gasteiger partial charge in [0.25, 0.3) is 5.89 Å². The average Bonchev–Trinajstić information content (AvgIpc) is 3.23.